The first kappa shape index (κ1) is 20.5. The van der Waals surface area contributed by atoms with Crippen LogP contribution >= 0.6 is 0 Å². The summed E-state index contributed by atoms with van der Waals surface area (Å²) in [6.45, 7) is 6.90. The van der Waals surface area contributed by atoms with Crippen LogP contribution in [0.4, 0.5) is 0 Å². The van der Waals surface area contributed by atoms with Crippen LogP contribution in [0.2, 0.25) is 0 Å². The Bertz CT molecular complexity index is 652. The molecule has 1 saturated carbocycles. The van der Waals surface area contributed by atoms with Crippen LogP contribution in [-0.4, -0.2) is 62.6 Å². The first-order valence-corrected chi connectivity index (χ1v) is 11.6. The molecular weight excluding hydrogens is 360 g/mol. The van der Waals surface area contributed by atoms with Crippen LogP contribution in [0, 0.1) is 17.8 Å². The summed E-state index contributed by atoms with van der Waals surface area (Å²) in [5, 5.41) is 3.71. The maximum atomic E-state index is 5.26. The first-order chi connectivity index (χ1) is 14.2. The van der Waals surface area contributed by atoms with Crippen molar-refractivity contribution in [2.75, 3.05) is 46.9 Å². The van der Waals surface area contributed by atoms with Gasteiger partial charge < -0.3 is 15.0 Å². The third-order valence-corrected chi connectivity index (χ3v) is 7.31. The monoisotopic (exact) mass is 398 g/mol. The fraction of sp³-hybridized carbons (Fsp3) is 0.708. The number of aliphatic imine (C=N–C) groups is 1. The molecule has 2 aliphatic heterocycles. The highest BCUT2D eigenvalue weighted by Crippen LogP contribution is 2.36. The average molecular weight is 399 g/mol. The molecular formula is C24H38N4O. The molecule has 1 aromatic rings. The maximum Gasteiger partial charge on any atom is 0.193 e. The van der Waals surface area contributed by atoms with Crippen molar-refractivity contribution in [3.63, 3.8) is 0 Å². The molecule has 2 saturated heterocycles. The van der Waals surface area contributed by atoms with E-state index in [2.05, 4.69) is 44.4 Å². The molecule has 2 heterocycles. The Balaban J connectivity index is 1.19. The van der Waals surface area contributed by atoms with Crippen molar-refractivity contribution in [3.05, 3.63) is 29.8 Å². The molecule has 1 N–H and O–H groups in total. The second kappa shape index (κ2) is 9.84. The lowest BCUT2D eigenvalue weighted by Gasteiger charge is -2.33. The van der Waals surface area contributed by atoms with Crippen molar-refractivity contribution in [2.45, 2.75) is 45.1 Å². The van der Waals surface area contributed by atoms with Gasteiger partial charge in [0.25, 0.3) is 0 Å². The van der Waals surface area contributed by atoms with Crippen LogP contribution in [0.15, 0.2) is 29.3 Å². The fourth-order valence-corrected chi connectivity index (χ4v) is 5.48. The van der Waals surface area contributed by atoms with Gasteiger partial charge in [0.05, 0.1) is 7.11 Å². The lowest BCUT2D eigenvalue weighted by molar-refractivity contribution is 0.177. The van der Waals surface area contributed by atoms with Crippen molar-refractivity contribution in [1.29, 1.82) is 0 Å². The summed E-state index contributed by atoms with van der Waals surface area (Å²) in [4.78, 5) is 9.72. The lowest BCUT2D eigenvalue weighted by Crippen LogP contribution is -2.44. The molecule has 0 bridgehead atoms. The van der Waals surface area contributed by atoms with Crippen LogP contribution in [-0.2, 0) is 6.54 Å². The summed E-state index contributed by atoms with van der Waals surface area (Å²) in [5.74, 6) is 4.64. The minimum Gasteiger partial charge on any atom is -0.497 e. The SMILES string of the molecule is CN=C(NCC1CCN(Cc2ccc(OC)cc2)CC1)N1CC2CCCCC2C1. The van der Waals surface area contributed by atoms with E-state index in [4.69, 9.17) is 4.74 Å². The van der Waals surface area contributed by atoms with Crippen molar-refractivity contribution >= 4 is 5.96 Å². The maximum absolute atomic E-state index is 5.26. The predicted octanol–water partition coefficient (Wildman–Crippen LogP) is 3.60. The number of rotatable bonds is 5. The quantitative estimate of drug-likeness (QED) is 0.608. The predicted molar refractivity (Wildman–Crippen MR) is 119 cm³/mol. The summed E-state index contributed by atoms with van der Waals surface area (Å²) >= 11 is 0. The highest BCUT2D eigenvalue weighted by atomic mass is 16.5. The number of fused-ring (bicyclic) bond motifs is 1. The molecule has 0 spiro atoms. The summed E-state index contributed by atoms with van der Waals surface area (Å²) < 4.78 is 5.26. The van der Waals surface area contributed by atoms with E-state index in [9.17, 15) is 0 Å². The number of likely N-dealkylation sites (tertiary alicyclic amines) is 2. The van der Waals surface area contributed by atoms with Crippen LogP contribution in [0.3, 0.4) is 0 Å². The van der Waals surface area contributed by atoms with Gasteiger partial charge in [0.1, 0.15) is 5.75 Å². The molecule has 3 fully saturated rings. The largest absolute Gasteiger partial charge is 0.497 e. The Kier molecular flexibility index (Phi) is 6.96. The van der Waals surface area contributed by atoms with Gasteiger partial charge >= 0.3 is 0 Å². The van der Waals surface area contributed by atoms with Crippen LogP contribution in [0.5, 0.6) is 5.75 Å². The van der Waals surface area contributed by atoms with E-state index >= 15 is 0 Å². The smallest absolute Gasteiger partial charge is 0.193 e. The third kappa shape index (κ3) is 5.25. The van der Waals surface area contributed by atoms with Gasteiger partial charge in [-0.25, -0.2) is 0 Å². The van der Waals surface area contributed by atoms with E-state index in [-0.39, 0.29) is 0 Å². The number of benzene rings is 1. The van der Waals surface area contributed by atoms with E-state index in [1.54, 1.807) is 7.11 Å². The highest BCUT2D eigenvalue weighted by molar-refractivity contribution is 5.80. The standard InChI is InChI=1S/C24H38N4O/c1-25-24(28-17-21-5-3-4-6-22(21)18-28)26-15-19-11-13-27(14-12-19)16-20-7-9-23(29-2)10-8-20/h7-10,19,21-22H,3-6,11-18H2,1-2H3,(H,25,26). The second-order valence-electron chi connectivity index (χ2n) is 9.21. The summed E-state index contributed by atoms with van der Waals surface area (Å²) in [5.41, 5.74) is 1.37. The molecule has 1 aliphatic carbocycles. The van der Waals surface area contributed by atoms with Gasteiger partial charge in [-0.05, 0) is 74.2 Å². The van der Waals surface area contributed by atoms with Gasteiger partial charge in [0.2, 0.25) is 0 Å². The molecule has 5 nitrogen and oxygen atoms in total. The Morgan fingerprint density at radius 3 is 2.28 bits per heavy atom. The molecule has 29 heavy (non-hydrogen) atoms. The van der Waals surface area contributed by atoms with Crippen molar-refractivity contribution in [3.8, 4) is 5.75 Å². The Morgan fingerprint density at radius 1 is 1.03 bits per heavy atom. The minimum atomic E-state index is 0.753. The van der Waals surface area contributed by atoms with Gasteiger partial charge in [-0.1, -0.05) is 25.0 Å². The number of methoxy groups -OCH3 is 1. The number of nitrogens with one attached hydrogen (secondary N) is 1. The number of nitrogens with zero attached hydrogens (tertiary/aromatic N) is 3. The zero-order chi connectivity index (χ0) is 20.1. The van der Waals surface area contributed by atoms with Crippen molar-refractivity contribution in [1.82, 2.24) is 15.1 Å². The van der Waals surface area contributed by atoms with Gasteiger partial charge in [0, 0.05) is 33.2 Å². The first-order valence-electron chi connectivity index (χ1n) is 11.6. The summed E-state index contributed by atoms with van der Waals surface area (Å²) in [6, 6.07) is 8.49. The molecule has 4 rings (SSSR count). The molecule has 0 amide bonds. The molecule has 160 valence electrons. The zero-order valence-corrected chi connectivity index (χ0v) is 18.3. The molecule has 1 aromatic carbocycles. The highest BCUT2D eigenvalue weighted by Gasteiger charge is 2.35. The second-order valence-corrected chi connectivity index (χ2v) is 9.21. The van der Waals surface area contributed by atoms with Gasteiger partial charge in [0.15, 0.2) is 5.96 Å². The summed E-state index contributed by atoms with van der Waals surface area (Å²) in [6.07, 6.45) is 8.23. The Morgan fingerprint density at radius 2 is 1.69 bits per heavy atom. The fourth-order valence-electron chi connectivity index (χ4n) is 5.48. The topological polar surface area (TPSA) is 40.1 Å². The van der Waals surface area contributed by atoms with Crippen molar-refractivity contribution < 1.29 is 4.74 Å². The number of guanidine groups is 1. The molecule has 5 heteroatoms. The third-order valence-electron chi connectivity index (χ3n) is 7.31. The van der Waals surface area contributed by atoms with Gasteiger partial charge in [-0.3, -0.25) is 9.89 Å². The molecule has 0 radical (unpaired) electrons. The summed E-state index contributed by atoms with van der Waals surface area (Å²) in [7, 11) is 3.67. The Labute approximate surface area is 176 Å². The van der Waals surface area contributed by atoms with Crippen molar-refractivity contribution in [2.24, 2.45) is 22.7 Å². The number of piperidine rings is 1. The van der Waals surface area contributed by atoms with Crippen LogP contribution in [0.25, 0.3) is 0 Å². The van der Waals surface area contributed by atoms with Crippen LogP contribution in [0.1, 0.15) is 44.1 Å². The zero-order valence-electron chi connectivity index (χ0n) is 18.3. The van der Waals surface area contributed by atoms with Gasteiger partial charge in [-0.2, -0.15) is 0 Å². The molecule has 2 unspecified atom stereocenters. The molecule has 2 atom stereocenters. The lowest BCUT2D eigenvalue weighted by atomic mass is 9.82. The minimum absolute atomic E-state index is 0.753. The number of ether oxygens (including phenoxy) is 1. The number of hydrogen-bond acceptors (Lipinski definition) is 3. The van der Waals surface area contributed by atoms with E-state index in [0.717, 1.165) is 42.6 Å². The van der Waals surface area contributed by atoms with Crippen LogP contribution < -0.4 is 10.1 Å². The van der Waals surface area contributed by atoms with E-state index < -0.39 is 0 Å². The number of hydrogen-bond donors (Lipinski definition) is 1. The van der Waals surface area contributed by atoms with E-state index in [1.165, 1.54) is 70.3 Å². The molecule has 0 aromatic heterocycles. The molecule has 3 aliphatic rings. The average Bonchev–Trinajstić information content (AvgIpc) is 3.20. The van der Waals surface area contributed by atoms with E-state index in [0.29, 0.717) is 0 Å². The normalized spacial score (nSPS) is 26.4. The van der Waals surface area contributed by atoms with E-state index in [1.807, 2.05) is 7.05 Å². The van der Waals surface area contributed by atoms with Gasteiger partial charge in [-0.15, -0.1) is 0 Å². The Hall–Kier alpha value is -1.75.